The topological polar surface area (TPSA) is 68.4 Å². The second-order valence-corrected chi connectivity index (χ2v) is 4.44. The van der Waals surface area contributed by atoms with Crippen molar-refractivity contribution in [3.8, 4) is 5.75 Å². The van der Waals surface area contributed by atoms with Crippen LogP contribution in [0, 0.1) is 0 Å². The minimum Gasteiger partial charge on any atom is -0.497 e. The van der Waals surface area contributed by atoms with Crippen molar-refractivity contribution in [2.45, 2.75) is 13.0 Å². The Morgan fingerprint density at radius 3 is 2.90 bits per heavy atom. The maximum absolute atomic E-state index is 8.94. The van der Waals surface area contributed by atoms with Crippen molar-refractivity contribution in [2.24, 2.45) is 0 Å². The molecule has 0 unspecified atom stereocenters. The van der Waals surface area contributed by atoms with Crippen LogP contribution in [0.4, 0.5) is 0 Å². The molecule has 5 heteroatoms. The van der Waals surface area contributed by atoms with Crippen LogP contribution >= 0.6 is 0 Å². The van der Waals surface area contributed by atoms with Gasteiger partial charge in [-0.15, -0.1) is 0 Å². The zero-order valence-corrected chi connectivity index (χ0v) is 11.0. The average molecular weight is 270 g/mol. The Labute approximate surface area is 115 Å². The molecule has 0 aliphatic carbocycles. The van der Waals surface area contributed by atoms with Crippen LogP contribution in [0.25, 0.3) is 10.8 Å². The third kappa shape index (κ3) is 2.35. The molecule has 0 bridgehead atoms. The smallest absolute Gasteiger partial charge is 0.252 e. The third-order valence-electron chi connectivity index (χ3n) is 3.17. The van der Waals surface area contributed by atoms with E-state index in [-0.39, 0.29) is 12.5 Å². The molecule has 1 N–H and O–H groups in total. The molecule has 0 saturated carbocycles. The van der Waals surface area contributed by atoms with Gasteiger partial charge in [-0.2, -0.15) is 4.98 Å². The molecule has 0 aliphatic heterocycles. The number of hydrogen-bond donors (Lipinski definition) is 1. The van der Waals surface area contributed by atoms with Gasteiger partial charge in [-0.25, -0.2) is 0 Å². The van der Waals surface area contributed by atoms with Crippen molar-refractivity contribution in [2.75, 3.05) is 7.11 Å². The Bertz CT molecular complexity index is 737. The molecule has 102 valence electrons. The van der Waals surface area contributed by atoms with E-state index in [1.54, 1.807) is 7.11 Å². The van der Waals surface area contributed by atoms with Gasteiger partial charge in [0.2, 0.25) is 0 Å². The van der Waals surface area contributed by atoms with Crippen LogP contribution in [0.5, 0.6) is 5.75 Å². The van der Waals surface area contributed by atoms with E-state index in [0.29, 0.717) is 12.2 Å². The van der Waals surface area contributed by atoms with E-state index in [1.165, 1.54) is 0 Å². The van der Waals surface area contributed by atoms with Crippen molar-refractivity contribution in [3.63, 3.8) is 0 Å². The fraction of sp³-hybridized carbons (Fsp3) is 0.200. The van der Waals surface area contributed by atoms with Gasteiger partial charge in [0.05, 0.1) is 7.11 Å². The second-order valence-electron chi connectivity index (χ2n) is 4.44. The standard InChI is InChI=1S/C15H14N2O3/c1-19-12-6-5-10-3-2-4-11(13(10)8-12)7-14-16-15(9-18)20-17-14/h2-6,8,18H,7,9H2,1H3. The predicted molar refractivity (Wildman–Crippen MR) is 73.5 cm³/mol. The van der Waals surface area contributed by atoms with Crippen LogP contribution in [-0.4, -0.2) is 22.4 Å². The minimum absolute atomic E-state index is 0.234. The van der Waals surface area contributed by atoms with Gasteiger partial charge in [-0.3, -0.25) is 0 Å². The fourth-order valence-electron chi connectivity index (χ4n) is 2.19. The Morgan fingerprint density at radius 1 is 1.25 bits per heavy atom. The molecule has 0 radical (unpaired) electrons. The average Bonchev–Trinajstić information content (AvgIpc) is 2.95. The normalized spacial score (nSPS) is 10.9. The third-order valence-corrected chi connectivity index (χ3v) is 3.17. The molecule has 0 saturated heterocycles. The number of rotatable bonds is 4. The van der Waals surface area contributed by atoms with E-state index in [1.807, 2.05) is 36.4 Å². The first kappa shape index (κ1) is 12.6. The van der Waals surface area contributed by atoms with Crippen LogP contribution in [0.15, 0.2) is 40.9 Å². The summed E-state index contributed by atoms with van der Waals surface area (Å²) in [6.07, 6.45) is 0.550. The molecule has 1 aromatic heterocycles. The van der Waals surface area contributed by atoms with Gasteiger partial charge in [-0.05, 0) is 28.5 Å². The van der Waals surface area contributed by atoms with E-state index in [4.69, 9.17) is 14.4 Å². The maximum Gasteiger partial charge on any atom is 0.252 e. The van der Waals surface area contributed by atoms with E-state index >= 15 is 0 Å². The molecule has 3 aromatic rings. The van der Waals surface area contributed by atoms with Gasteiger partial charge in [0.1, 0.15) is 12.4 Å². The largest absolute Gasteiger partial charge is 0.497 e. The SMILES string of the molecule is COc1ccc2cccc(Cc3noc(CO)n3)c2c1. The number of fused-ring (bicyclic) bond motifs is 1. The van der Waals surface area contributed by atoms with Crippen molar-refractivity contribution in [3.05, 3.63) is 53.7 Å². The Hall–Kier alpha value is -2.40. The number of aromatic nitrogens is 2. The Kier molecular flexibility index (Phi) is 3.35. The Morgan fingerprint density at radius 2 is 2.15 bits per heavy atom. The summed E-state index contributed by atoms with van der Waals surface area (Å²) in [5.74, 6) is 1.61. The lowest BCUT2D eigenvalue weighted by molar-refractivity contribution is 0.222. The number of hydrogen-bond acceptors (Lipinski definition) is 5. The van der Waals surface area contributed by atoms with Crippen LogP contribution in [0.3, 0.4) is 0 Å². The molecule has 1 heterocycles. The molecule has 5 nitrogen and oxygen atoms in total. The summed E-state index contributed by atoms with van der Waals surface area (Å²) >= 11 is 0. The number of methoxy groups -OCH3 is 1. The molecule has 0 fully saturated rings. The molecule has 3 rings (SSSR count). The highest BCUT2D eigenvalue weighted by molar-refractivity contribution is 5.87. The molecule has 0 amide bonds. The summed E-state index contributed by atoms with van der Waals surface area (Å²) in [6, 6.07) is 12.0. The predicted octanol–water partition coefficient (Wildman–Crippen LogP) is 2.31. The molecule has 0 aliphatic rings. The van der Waals surface area contributed by atoms with Gasteiger partial charge in [0, 0.05) is 6.42 Å². The Balaban J connectivity index is 2.01. The highest BCUT2D eigenvalue weighted by Crippen LogP contribution is 2.25. The molecule has 0 atom stereocenters. The van der Waals surface area contributed by atoms with Crippen molar-refractivity contribution in [1.82, 2.24) is 10.1 Å². The highest BCUT2D eigenvalue weighted by atomic mass is 16.5. The summed E-state index contributed by atoms with van der Waals surface area (Å²) in [6.45, 7) is -0.240. The van der Waals surface area contributed by atoms with Crippen molar-refractivity contribution < 1.29 is 14.4 Å². The first-order valence-corrected chi connectivity index (χ1v) is 6.28. The number of aliphatic hydroxyl groups excluding tert-OH is 1. The van der Waals surface area contributed by atoms with Crippen molar-refractivity contribution in [1.29, 1.82) is 0 Å². The molecule has 2 aromatic carbocycles. The van der Waals surface area contributed by atoms with Gasteiger partial charge in [0.25, 0.3) is 5.89 Å². The summed E-state index contributed by atoms with van der Waals surface area (Å²) < 4.78 is 10.2. The minimum atomic E-state index is -0.240. The van der Waals surface area contributed by atoms with Crippen LogP contribution in [0.1, 0.15) is 17.3 Å². The first-order valence-electron chi connectivity index (χ1n) is 6.28. The maximum atomic E-state index is 8.94. The molecule has 20 heavy (non-hydrogen) atoms. The fourth-order valence-corrected chi connectivity index (χ4v) is 2.19. The first-order chi connectivity index (χ1) is 9.80. The van der Waals surface area contributed by atoms with Crippen LogP contribution < -0.4 is 4.74 Å². The zero-order valence-electron chi connectivity index (χ0n) is 11.0. The van der Waals surface area contributed by atoms with Gasteiger partial charge in [-0.1, -0.05) is 29.4 Å². The van der Waals surface area contributed by atoms with Crippen LogP contribution in [0.2, 0.25) is 0 Å². The van der Waals surface area contributed by atoms with E-state index < -0.39 is 0 Å². The molecular formula is C15H14N2O3. The summed E-state index contributed by atoms with van der Waals surface area (Å²) in [5, 5.41) is 15.0. The lowest BCUT2D eigenvalue weighted by Gasteiger charge is -2.06. The van der Waals surface area contributed by atoms with E-state index in [0.717, 1.165) is 22.1 Å². The zero-order chi connectivity index (χ0) is 13.9. The van der Waals surface area contributed by atoms with Gasteiger partial charge >= 0.3 is 0 Å². The van der Waals surface area contributed by atoms with Crippen molar-refractivity contribution >= 4 is 10.8 Å². The molecule has 0 spiro atoms. The quantitative estimate of drug-likeness (QED) is 0.788. The lowest BCUT2D eigenvalue weighted by atomic mass is 10.0. The lowest BCUT2D eigenvalue weighted by Crippen LogP contribution is -1.93. The van der Waals surface area contributed by atoms with Gasteiger partial charge in [0.15, 0.2) is 5.82 Å². The monoisotopic (exact) mass is 270 g/mol. The van der Waals surface area contributed by atoms with E-state index in [9.17, 15) is 0 Å². The van der Waals surface area contributed by atoms with Gasteiger partial charge < -0.3 is 14.4 Å². The number of aliphatic hydroxyl groups is 1. The van der Waals surface area contributed by atoms with E-state index in [2.05, 4.69) is 10.1 Å². The summed E-state index contributed by atoms with van der Waals surface area (Å²) in [5.41, 5.74) is 1.09. The summed E-state index contributed by atoms with van der Waals surface area (Å²) in [4.78, 5) is 4.11. The second kappa shape index (κ2) is 5.30. The number of nitrogens with zero attached hydrogens (tertiary/aromatic N) is 2. The summed E-state index contributed by atoms with van der Waals surface area (Å²) in [7, 11) is 1.65. The molecular weight excluding hydrogens is 256 g/mol. The highest BCUT2D eigenvalue weighted by Gasteiger charge is 2.09. The van der Waals surface area contributed by atoms with Crippen LogP contribution in [-0.2, 0) is 13.0 Å². The number of ether oxygens (including phenoxy) is 1. The number of benzene rings is 2.